The number of nitriles is 1. The Morgan fingerprint density at radius 2 is 2.14 bits per heavy atom. The van der Waals surface area contributed by atoms with Gasteiger partial charge in [-0.15, -0.1) is 0 Å². The largest absolute Gasteiger partial charge is 0.481 e. The molecule has 6 nitrogen and oxygen atoms in total. The quantitative estimate of drug-likeness (QED) is 0.663. The molecule has 0 spiro atoms. The van der Waals surface area contributed by atoms with Gasteiger partial charge in [0.2, 0.25) is 0 Å². The molecule has 4 rings (SSSR count). The first-order valence-corrected chi connectivity index (χ1v) is 9.45. The van der Waals surface area contributed by atoms with Gasteiger partial charge in [-0.3, -0.25) is 9.78 Å². The fourth-order valence-corrected chi connectivity index (χ4v) is 3.45. The number of hydrogen-bond acceptors (Lipinski definition) is 5. The first-order valence-electron chi connectivity index (χ1n) is 9.45. The first-order chi connectivity index (χ1) is 14.0. The molecule has 0 aliphatic heterocycles. The van der Waals surface area contributed by atoms with Crippen molar-refractivity contribution in [1.29, 1.82) is 5.26 Å². The Bertz CT molecular complexity index is 1100. The van der Waals surface area contributed by atoms with Gasteiger partial charge in [0.1, 0.15) is 11.9 Å². The maximum absolute atomic E-state index is 11.2. The molecular weight excluding hydrogens is 364 g/mol. The average molecular weight is 384 g/mol. The van der Waals surface area contributed by atoms with E-state index < -0.39 is 11.9 Å². The average Bonchev–Trinajstić information content (AvgIpc) is 3.53. The minimum absolute atomic E-state index is 0.190. The van der Waals surface area contributed by atoms with Crippen LogP contribution in [0.2, 0.25) is 0 Å². The summed E-state index contributed by atoms with van der Waals surface area (Å²) in [6.45, 7) is 2.75. The molecule has 1 aliphatic rings. The van der Waals surface area contributed by atoms with Crippen molar-refractivity contribution in [3.8, 4) is 17.3 Å². The van der Waals surface area contributed by atoms with Gasteiger partial charge in [0.05, 0.1) is 22.9 Å². The van der Waals surface area contributed by atoms with E-state index in [-0.39, 0.29) is 5.92 Å². The maximum atomic E-state index is 11.2. The summed E-state index contributed by atoms with van der Waals surface area (Å²) < 4.78 is 0. The summed E-state index contributed by atoms with van der Waals surface area (Å²) >= 11 is 0. The summed E-state index contributed by atoms with van der Waals surface area (Å²) in [6.07, 6.45) is 2.26. The zero-order valence-electron chi connectivity index (χ0n) is 16.0. The number of nitrogens with one attached hydrogen (secondary N) is 1. The van der Waals surface area contributed by atoms with Crippen molar-refractivity contribution in [3.05, 3.63) is 77.1 Å². The molecule has 0 amide bonds. The van der Waals surface area contributed by atoms with Crippen LogP contribution in [0.15, 0.2) is 54.7 Å². The molecule has 29 heavy (non-hydrogen) atoms. The van der Waals surface area contributed by atoms with Crippen LogP contribution in [0, 0.1) is 24.2 Å². The van der Waals surface area contributed by atoms with Gasteiger partial charge < -0.3 is 10.4 Å². The highest BCUT2D eigenvalue weighted by Gasteiger charge is 2.46. The highest BCUT2D eigenvalue weighted by molar-refractivity contribution is 5.75. The number of anilines is 1. The van der Waals surface area contributed by atoms with Crippen LogP contribution < -0.4 is 5.32 Å². The van der Waals surface area contributed by atoms with Crippen molar-refractivity contribution < 1.29 is 9.90 Å². The first kappa shape index (κ1) is 18.6. The lowest BCUT2D eigenvalue weighted by atomic mass is 10.1. The van der Waals surface area contributed by atoms with Crippen LogP contribution in [0.25, 0.3) is 11.3 Å². The number of carbonyl (C=O) groups is 1. The molecule has 1 aromatic carbocycles. The van der Waals surface area contributed by atoms with Crippen molar-refractivity contribution in [3.63, 3.8) is 0 Å². The van der Waals surface area contributed by atoms with Crippen LogP contribution in [0.3, 0.4) is 0 Å². The molecule has 1 aliphatic carbocycles. The number of carboxylic acid groups (broad SMARTS) is 1. The fourth-order valence-electron chi connectivity index (χ4n) is 3.45. The Labute approximate surface area is 168 Å². The second-order valence-electron chi connectivity index (χ2n) is 7.30. The predicted molar refractivity (Wildman–Crippen MR) is 109 cm³/mol. The molecule has 2 heterocycles. The van der Waals surface area contributed by atoms with Gasteiger partial charge in [-0.05, 0) is 43.2 Å². The molecule has 0 unspecified atom stereocenters. The lowest BCUT2D eigenvalue weighted by molar-refractivity contribution is -0.138. The topological polar surface area (TPSA) is 98.9 Å². The van der Waals surface area contributed by atoms with Gasteiger partial charge in [-0.1, -0.05) is 29.8 Å². The lowest BCUT2D eigenvalue weighted by Gasteiger charge is -2.09. The van der Waals surface area contributed by atoms with Crippen LogP contribution in [0.1, 0.15) is 34.7 Å². The third kappa shape index (κ3) is 4.09. The van der Waals surface area contributed by atoms with Gasteiger partial charge in [-0.2, -0.15) is 5.26 Å². The van der Waals surface area contributed by atoms with E-state index in [4.69, 9.17) is 0 Å². The molecule has 2 aromatic heterocycles. The van der Waals surface area contributed by atoms with Gasteiger partial charge in [0.25, 0.3) is 0 Å². The Morgan fingerprint density at radius 1 is 1.28 bits per heavy atom. The van der Waals surface area contributed by atoms with E-state index in [0.29, 0.717) is 29.9 Å². The number of hydrogen-bond donors (Lipinski definition) is 2. The zero-order valence-corrected chi connectivity index (χ0v) is 16.0. The number of aromatic nitrogens is 2. The van der Waals surface area contributed by atoms with Gasteiger partial charge >= 0.3 is 5.97 Å². The number of benzene rings is 1. The van der Waals surface area contributed by atoms with Crippen LogP contribution in [-0.4, -0.2) is 21.0 Å². The normalized spacial score (nSPS) is 17.4. The third-order valence-electron chi connectivity index (χ3n) is 5.12. The number of nitrogens with zero attached hydrogens (tertiary/aromatic N) is 3. The number of rotatable bonds is 6. The molecule has 3 aromatic rings. The summed E-state index contributed by atoms with van der Waals surface area (Å²) in [5.74, 6) is -0.712. The van der Waals surface area contributed by atoms with E-state index in [0.717, 1.165) is 11.4 Å². The van der Waals surface area contributed by atoms with E-state index in [1.165, 1.54) is 11.1 Å². The molecule has 1 fully saturated rings. The summed E-state index contributed by atoms with van der Waals surface area (Å²) in [4.78, 5) is 20.2. The van der Waals surface area contributed by atoms with E-state index in [1.54, 1.807) is 18.3 Å². The number of carboxylic acids is 1. The Kier molecular flexibility index (Phi) is 4.96. The van der Waals surface area contributed by atoms with Crippen LogP contribution in [0.5, 0.6) is 0 Å². The summed E-state index contributed by atoms with van der Waals surface area (Å²) in [5.41, 5.74) is 4.92. The standard InChI is InChI=1S/C23H20N4O2/c1-14-3-2-4-15(9-14)12-25-21-8-6-17(13-26-21)20-7-5-16(11-24)22(27-20)18-10-19(18)23(28)29/h2-9,13,18-19H,10,12H2,1H3,(H,25,26)(H,28,29)/t18-,19-/m0/s1. The van der Waals surface area contributed by atoms with Crippen molar-refractivity contribution in [2.75, 3.05) is 5.32 Å². The van der Waals surface area contributed by atoms with Crippen LogP contribution >= 0.6 is 0 Å². The smallest absolute Gasteiger partial charge is 0.307 e. The van der Waals surface area contributed by atoms with E-state index in [9.17, 15) is 15.2 Å². The van der Waals surface area contributed by atoms with Crippen molar-refractivity contribution in [2.45, 2.75) is 25.8 Å². The third-order valence-corrected chi connectivity index (χ3v) is 5.12. The van der Waals surface area contributed by atoms with E-state index in [2.05, 4.69) is 46.5 Å². The SMILES string of the molecule is Cc1cccc(CNc2ccc(-c3ccc(C#N)c([C@H]4C[C@@H]4C(=O)O)n3)cn2)c1. The molecule has 144 valence electrons. The highest BCUT2D eigenvalue weighted by Crippen LogP contribution is 2.48. The fraction of sp³-hybridized carbons (Fsp3) is 0.217. The number of pyridine rings is 2. The minimum Gasteiger partial charge on any atom is -0.481 e. The van der Waals surface area contributed by atoms with Gasteiger partial charge in [0, 0.05) is 24.2 Å². The summed E-state index contributed by atoms with van der Waals surface area (Å²) in [5, 5.41) is 21.8. The second-order valence-corrected chi connectivity index (χ2v) is 7.30. The molecular formula is C23H20N4O2. The molecule has 6 heteroatoms. The minimum atomic E-state index is -0.836. The molecule has 0 saturated heterocycles. The van der Waals surface area contributed by atoms with Crippen molar-refractivity contribution in [1.82, 2.24) is 9.97 Å². The molecule has 2 N–H and O–H groups in total. The van der Waals surface area contributed by atoms with E-state index >= 15 is 0 Å². The number of aryl methyl sites for hydroxylation is 1. The molecule has 2 atom stereocenters. The highest BCUT2D eigenvalue weighted by atomic mass is 16.4. The van der Waals surface area contributed by atoms with Crippen LogP contribution in [-0.2, 0) is 11.3 Å². The Morgan fingerprint density at radius 3 is 2.79 bits per heavy atom. The Hall–Kier alpha value is -3.72. The molecule has 0 bridgehead atoms. The number of aliphatic carboxylic acids is 1. The summed E-state index contributed by atoms with van der Waals surface area (Å²) in [7, 11) is 0. The second kappa shape index (κ2) is 7.72. The Balaban J connectivity index is 1.50. The van der Waals surface area contributed by atoms with Crippen LogP contribution in [0.4, 0.5) is 5.82 Å². The summed E-state index contributed by atoms with van der Waals surface area (Å²) in [6, 6.07) is 17.7. The van der Waals surface area contributed by atoms with Crippen molar-refractivity contribution in [2.24, 2.45) is 5.92 Å². The van der Waals surface area contributed by atoms with Gasteiger partial charge in [-0.25, -0.2) is 4.98 Å². The zero-order chi connectivity index (χ0) is 20.4. The predicted octanol–water partition coefficient (Wildman–Crippen LogP) is 4.12. The lowest BCUT2D eigenvalue weighted by Crippen LogP contribution is -2.03. The molecule has 0 radical (unpaired) electrons. The molecule has 1 saturated carbocycles. The monoisotopic (exact) mass is 384 g/mol. The van der Waals surface area contributed by atoms with Crippen molar-refractivity contribution >= 4 is 11.8 Å². The maximum Gasteiger partial charge on any atom is 0.307 e. The van der Waals surface area contributed by atoms with E-state index in [1.807, 2.05) is 18.2 Å². The van der Waals surface area contributed by atoms with Gasteiger partial charge in [0.15, 0.2) is 0 Å².